The fourth-order valence-electron chi connectivity index (χ4n) is 2.37. The summed E-state index contributed by atoms with van der Waals surface area (Å²) in [6, 6.07) is 12.3. The molecule has 2 aromatic rings. The lowest BCUT2D eigenvalue weighted by molar-refractivity contribution is 0.354. The largest absolute Gasteiger partial charge is 0.493 e. The van der Waals surface area contributed by atoms with Gasteiger partial charge in [-0.15, -0.1) is 24.0 Å². The molecule has 0 radical (unpaired) electrons. The first-order chi connectivity index (χ1) is 12.2. The Balaban J connectivity index is 0.00000338. The Bertz CT molecular complexity index is 708. The van der Waals surface area contributed by atoms with Crippen molar-refractivity contribution in [3.8, 4) is 11.5 Å². The smallest absolute Gasteiger partial charge is 0.191 e. The van der Waals surface area contributed by atoms with Gasteiger partial charge in [0.25, 0.3) is 0 Å². The standard InChI is InChI=1S/C19H24FN3O2.HI/c1-21-19(22-11-10-14-4-7-16(20)8-5-14)23-13-15-6-9-17(24-2)18(12-15)25-3;/h4-9,12H,10-11,13H2,1-3H3,(H2,21,22,23);1H. The number of hydrogen-bond donors (Lipinski definition) is 2. The van der Waals surface area contributed by atoms with E-state index in [-0.39, 0.29) is 29.8 Å². The first-order valence-electron chi connectivity index (χ1n) is 8.06. The number of methoxy groups -OCH3 is 2. The van der Waals surface area contributed by atoms with Crippen molar-refractivity contribution in [2.45, 2.75) is 13.0 Å². The second kappa shape index (κ2) is 11.6. The summed E-state index contributed by atoms with van der Waals surface area (Å²) in [5, 5.41) is 6.50. The second-order valence-corrected chi connectivity index (χ2v) is 5.42. The van der Waals surface area contributed by atoms with Crippen LogP contribution in [0.15, 0.2) is 47.5 Å². The zero-order valence-electron chi connectivity index (χ0n) is 15.2. The minimum Gasteiger partial charge on any atom is -0.493 e. The molecule has 0 saturated carbocycles. The summed E-state index contributed by atoms with van der Waals surface area (Å²) in [4.78, 5) is 4.20. The molecule has 0 heterocycles. The average molecular weight is 473 g/mol. The highest BCUT2D eigenvalue weighted by atomic mass is 127. The summed E-state index contributed by atoms with van der Waals surface area (Å²) < 4.78 is 23.4. The Hall–Kier alpha value is -2.03. The van der Waals surface area contributed by atoms with Crippen molar-refractivity contribution >= 4 is 29.9 Å². The Morgan fingerprint density at radius 2 is 1.62 bits per heavy atom. The van der Waals surface area contributed by atoms with Crippen LogP contribution in [0.25, 0.3) is 0 Å². The van der Waals surface area contributed by atoms with Gasteiger partial charge in [0.1, 0.15) is 5.82 Å². The van der Waals surface area contributed by atoms with Crippen molar-refractivity contribution in [3.63, 3.8) is 0 Å². The first-order valence-corrected chi connectivity index (χ1v) is 8.06. The van der Waals surface area contributed by atoms with Gasteiger partial charge in [-0.3, -0.25) is 4.99 Å². The molecule has 0 spiro atoms. The number of aliphatic imine (C=N–C) groups is 1. The van der Waals surface area contributed by atoms with Crippen molar-refractivity contribution in [2.75, 3.05) is 27.8 Å². The van der Waals surface area contributed by atoms with Gasteiger partial charge in [0.15, 0.2) is 17.5 Å². The molecule has 0 aliphatic heterocycles. The predicted octanol–water partition coefficient (Wildman–Crippen LogP) is 3.37. The van der Waals surface area contributed by atoms with Gasteiger partial charge in [-0.1, -0.05) is 18.2 Å². The van der Waals surface area contributed by atoms with Crippen LogP contribution < -0.4 is 20.1 Å². The van der Waals surface area contributed by atoms with E-state index < -0.39 is 0 Å². The van der Waals surface area contributed by atoms with Gasteiger partial charge in [-0.25, -0.2) is 4.39 Å². The zero-order chi connectivity index (χ0) is 18.1. The normalized spacial score (nSPS) is 10.7. The molecule has 0 aliphatic carbocycles. The summed E-state index contributed by atoms with van der Waals surface area (Å²) in [5.74, 6) is 1.88. The van der Waals surface area contributed by atoms with Crippen LogP contribution in [0.1, 0.15) is 11.1 Å². The SMILES string of the molecule is CN=C(NCCc1ccc(F)cc1)NCc1ccc(OC)c(OC)c1.I. The molecule has 0 bridgehead atoms. The van der Waals surface area contributed by atoms with Crippen molar-refractivity contribution < 1.29 is 13.9 Å². The Morgan fingerprint density at radius 1 is 0.962 bits per heavy atom. The number of ether oxygens (including phenoxy) is 2. The summed E-state index contributed by atoms with van der Waals surface area (Å²) >= 11 is 0. The summed E-state index contributed by atoms with van der Waals surface area (Å²) in [5.41, 5.74) is 2.13. The van der Waals surface area contributed by atoms with E-state index in [1.165, 1.54) is 12.1 Å². The maximum Gasteiger partial charge on any atom is 0.191 e. The molecule has 2 aromatic carbocycles. The molecular formula is C19H25FIN3O2. The summed E-state index contributed by atoms with van der Waals surface area (Å²) in [7, 11) is 4.95. The maximum absolute atomic E-state index is 12.9. The van der Waals surface area contributed by atoms with Gasteiger partial charge in [0.05, 0.1) is 14.2 Å². The van der Waals surface area contributed by atoms with Crippen molar-refractivity contribution in [1.82, 2.24) is 10.6 Å². The van der Waals surface area contributed by atoms with Crippen LogP contribution in [0.4, 0.5) is 4.39 Å². The van der Waals surface area contributed by atoms with Crippen LogP contribution in [0, 0.1) is 5.82 Å². The van der Waals surface area contributed by atoms with E-state index in [1.807, 2.05) is 18.2 Å². The lowest BCUT2D eigenvalue weighted by Crippen LogP contribution is -2.37. The van der Waals surface area contributed by atoms with E-state index in [0.29, 0.717) is 30.5 Å². The average Bonchev–Trinajstić information content (AvgIpc) is 2.65. The van der Waals surface area contributed by atoms with Gasteiger partial charge >= 0.3 is 0 Å². The molecule has 142 valence electrons. The first kappa shape index (κ1) is 22.0. The van der Waals surface area contributed by atoms with Gasteiger partial charge in [0, 0.05) is 20.1 Å². The van der Waals surface area contributed by atoms with Gasteiger partial charge in [-0.2, -0.15) is 0 Å². The van der Waals surface area contributed by atoms with E-state index in [4.69, 9.17) is 9.47 Å². The van der Waals surface area contributed by atoms with Crippen LogP contribution in [-0.2, 0) is 13.0 Å². The molecule has 0 aliphatic rings. The van der Waals surface area contributed by atoms with Crippen LogP contribution in [-0.4, -0.2) is 33.8 Å². The van der Waals surface area contributed by atoms with Gasteiger partial charge in [-0.05, 0) is 41.8 Å². The predicted molar refractivity (Wildman–Crippen MR) is 113 cm³/mol. The van der Waals surface area contributed by atoms with Crippen molar-refractivity contribution in [1.29, 1.82) is 0 Å². The molecule has 5 nitrogen and oxygen atoms in total. The molecule has 0 atom stereocenters. The number of hydrogen-bond acceptors (Lipinski definition) is 3. The number of nitrogens with one attached hydrogen (secondary N) is 2. The molecule has 0 saturated heterocycles. The number of nitrogens with zero attached hydrogens (tertiary/aromatic N) is 1. The number of rotatable bonds is 7. The fraction of sp³-hybridized carbons (Fsp3) is 0.316. The maximum atomic E-state index is 12.9. The second-order valence-electron chi connectivity index (χ2n) is 5.42. The van der Waals surface area contributed by atoms with E-state index in [1.54, 1.807) is 33.4 Å². The topological polar surface area (TPSA) is 54.9 Å². The van der Waals surface area contributed by atoms with Crippen molar-refractivity contribution in [2.24, 2.45) is 4.99 Å². The molecule has 2 rings (SSSR count). The van der Waals surface area contributed by atoms with Crippen LogP contribution in [0.5, 0.6) is 11.5 Å². The zero-order valence-corrected chi connectivity index (χ0v) is 17.5. The molecular weight excluding hydrogens is 448 g/mol. The molecule has 7 heteroatoms. The molecule has 0 fully saturated rings. The van der Waals surface area contributed by atoms with Crippen LogP contribution in [0.2, 0.25) is 0 Å². The fourth-order valence-corrected chi connectivity index (χ4v) is 2.37. The molecule has 0 amide bonds. The third-order valence-corrected chi connectivity index (χ3v) is 3.75. The van der Waals surface area contributed by atoms with E-state index >= 15 is 0 Å². The molecule has 26 heavy (non-hydrogen) atoms. The highest BCUT2D eigenvalue weighted by Crippen LogP contribution is 2.27. The van der Waals surface area contributed by atoms with Crippen LogP contribution >= 0.6 is 24.0 Å². The van der Waals surface area contributed by atoms with E-state index in [2.05, 4.69) is 15.6 Å². The highest BCUT2D eigenvalue weighted by molar-refractivity contribution is 14.0. The minimum absolute atomic E-state index is 0. The van der Waals surface area contributed by atoms with Crippen molar-refractivity contribution in [3.05, 3.63) is 59.4 Å². The minimum atomic E-state index is -0.218. The Morgan fingerprint density at radius 3 is 2.23 bits per heavy atom. The number of halogens is 2. The molecule has 0 unspecified atom stereocenters. The lowest BCUT2D eigenvalue weighted by atomic mass is 10.1. The molecule has 0 aromatic heterocycles. The number of benzene rings is 2. The molecule has 2 N–H and O–H groups in total. The summed E-state index contributed by atoms with van der Waals surface area (Å²) in [6.45, 7) is 1.31. The third kappa shape index (κ3) is 6.70. The summed E-state index contributed by atoms with van der Waals surface area (Å²) in [6.07, 6.45) is 0.789. The lowest BCUT2D eigenvalue weighted by Gasteiger charge is -2.13. The monoisotopic (exact) mass is 473 g/mol. The number of guanidine groups is 1. The van der Waals surface area contributed by atoms with Gasteiger partial charge < -0.3 is 20.1 Å². The third-order valence-electron chi connectivity index (χ3n) is 3.75. The Labute approximate surface area is 171 Å². The van der Waals surface area contributed by atoms with Gasteiger partial charge in [0.2, 0.25) is 0 Å². The highest BCUT2D eigenvalue weighted by Gasteiger charge is 2.05. The van der Waals surface area contributed by atoms with E-state index in [0.717, 1.165) is 17.5 Å². The Kier molecular flexibility index (Phi) is 9.79. The quantitative estimate of drug-likeness (QED) is 0.368. The van der Waals surface area contributed by atoms with E-state index in [9.17, 15) is 4.39 Å². The van der Waals surface area contributed by atoms with Crippen LogP contribution in [0.3, 0.4) is 0 Å².